The molecular weight excluding hydrogens is 214 g/mol. The summed E-state index contributed by atoms with van der Waals surface area (Å²) in [5.74, 6) is 1.75. The van der Waals surface area contributed by atoms with Crippen LogP contribution >= 0.6 is 11.6 Å². The summed E-state index contributed by atoms with van der Waals surface area (Å²) in [6.45, 7) is 0. The van der Waals surface area contributed by atoms with Gasteiger partial charge >= 0.3 is 0 Å². The molecule has 0 aliphatic rings. The quantitative estimate of drug-likeness (QED) is 0.616. The van der Waals surface area contributed by atoms with Crippen molar-refractivity contribution in [3.63, 3.8) is 0 Å². The summed E-state index contributed by atoms with van der Waals surface area (Å²) in [7, 11) is 0. The minimum atomic E-state index is -0.461. The van der Waals surface area contributed by atoms with Gasteiger partial charge < -0.3 is 5.32 Å². The SMILES string of the molecule is O=C=C(CCC(=O)Cl)Nc1ccccc1. The molecule has 1 rings (SSSR count). The van der Waals surface area contributed by atoms with Crippen molar-refractivity contribution < 1.29 is 9.59 Å². The van der Waals surface area contributed by atoms with Crippen LogP contribution in [0.1, 0.15) is 12.8 Å². The van der Waals surface area contributed by atoms with Crippen LogP contribution in [0.15, 0.2) is 36.0 Å². The highest BCUT2D eigenvalue weighted by atomic mass is 35.5. The van der Waals surface area contributed by atoms with E-state index in [-0.39, 0.29) is 12.8 Å². The lowest BCUT2D eigenvalue weighted by Gasteiger charge is -2.05. The first-order valence-corrected chi connectivity index (χ1v) is 4.84. The number of hydrogen-bond acceptors (Lipinski definition) is 3. The lowest BCUT2D eigenvalue weighted by atomic mass is 10.2. The number of allylic oxidation sites excluding steroid dienone is 1. The zero-order chi connectivity index (χ0) is 11.1. The van der Waals surface area contributed by atoms with E-state index in [2.05, 4.69) is 5.32 Å². The number of hydrogen-bond donors (Lipinski definition) is 1. The second-order valence-electron chi connectivity index (χ2n) is 2.93. The molecule has 1 N–H and O–H groups in total. The Kier molecular flexibility index (Phi) is 4.61. The van der Waals surface area contributed by atoms with Crippen molar-refractivity contribution in [3.8, 4) is 0 Å². The zero-order valence-corrected chi connectivity index (χ0v) is 8.75. The Morgan fingerprint density at radius 3 is 2.47 bits per heavy atom. The van der Waals surface area contributed by atoms with Crippen LogP contribution in [0.2, 0.25) is 0 Å². The fourth-order valence-electron chi connectivity index (χ4n) is 1.06. The molecule has 0 amide bonds. The maximum atomic E-state index is 10.5. The first-order chi connectivity index (χ1) is 7.22. The number of carbonyl (C=O) groups excluding carboxylic acids is 2. The number of benzene rings is 1. The first kappa shape index (κ1) is 11.5. The molecule has 0 unspecified atom stereocenters. The van der Waals surface area contributed by atoms with Crippen molar-refractivity contribution in [1.82, 2.24) is 0 Å². The van der Waals surface area contributed by atoms with E-state index < -0.39 is 5.24 Å². The number of halogens is 1. The largest absolute Gasteiger partial charge is 0.350 e. The highest BCUT2D eigenvalue weighted by Crippen LogP contribution is 2.11. The molecule has 0 fully saturated rings. The Balaban J connectivity index is 2.56. The minimum Gasteiger partial charge on any atom is -0.350 e. The van der Waals surface area contributed by atoms with Crippen LogP contribution in [-0.2, 0) is 9.59 Å². The van der Waals surface area contributed by atoms with E-state index in [4.69, 9.17) is 11.6 Å². The third-order valence-corrected chi connectivity index (χ3v) is 1.95. The smallest absolute Gasteiger partial charge is 0.222 e. The number of nitrogens with one attached hydrogen (secondary N) is 1. The van der Waals surface area contributed by atoms with Crippen molar-refractivity contribution >= 4 is 28.5 Å². The molecule has 0 aliphatic heterocycles. The van der Waals surface area contributed by atoms with Gasteiger partial charge in [-0.15, -0.1) is 0 Å². The fraction of sp³-hybridized carbons (Fsp3) is 0.182. The molecule has 0 saturated carbocycles. The topological polar surface area (TPSA) is 46.2 Å². The Hall–Kier alpha value is -1.57. The van der Waals surface area contributed by atoms with Crippen LogP contribution in [0.3, 0.4) is 0 Å². The predicted octanol–water partition coefficient (Wildman–Crippen LogP) is 2.36. The average molecular weight is 224 g/mol. The van der Waals surface area contributed by atoms with Crippen molar-refractivity contribution in [2.45, 2.75) is 12.8 Å². The van der Waals surface area contributed by atoms with Gasteiger partial charge in [0, 0.05) is 18.5 Å². The van der Waals surface area contributed by atoms with Gasteiger partial charge in [-0.1, -0.05) is 18.2 Å². The molecule has 0 saturated heterocycles. The maximum Gasteiger partial charge on any atom is 0.222 e. The Bertz CT molecular complexity index is 383. The van der Waals surface area contributed by atoms with Gasteiger partial charge in [-0.25, -0.2) is 4.79 Å². The van der Waals surface area contributed by atoms with E-state index in [1.165, 1.54) is 0 Å². The Labute approximate surface area is 92.7 Å². The van der Waals surface area contributed by atoms with Crippen molar-refractivity contribution in [3.05, 3.63) is 36.0 Å². The number of anilines is 1. The monoisotopic (exact) mass is 223 g/mol. The van der Waals surface area contributed by atoms with E-state index >= 15 is 0 Å². The van der Waals surface area contributed by atoms with Crippen molar-refractivity contribution in [2.75, 3.05) is 5.32 Å². The van der Waals surface area contributed by atoms with Crippen LogP contribution < -0.4 is 5.32 Å². The molecule has 15 heavy (non-hydrogen) atoms. The molecule has 0 aromatic heterocycles. The molecule has 78 valence electrons. The fourth-order valence-corrected chi connectivity index (χ4v) is 1.15. The third-order valence-electron chi connectivity index (χ3n) is 1.76. The van der Waals surface area contributed by atoms with E-state index in [1.54, 1.807) is 5.94 Å². The van der Waals surface area contributed by atoms with Gasteiger partial charge in [0.1, 0.15) is 11.6 Å². The number of carbonyl (C=O) groups is 1. The van der Waals surface area contributed by atoms with Gasteiger partial charge in [0.05, 0.1) is 0 Å². The van der Waals surface area contributed by atoms with Gasteiger partial charge in [-0.05, 0) is 23.7 Å². The van der Waals surface area contributed by atoms with Gasteiger partial charge in [0.25, 0.3) is 0 Å². The van der Waals surface area contributed by atoms with E-state index in [9.17, 15) is 9.59 Å². The lowest BCUT2D eigenvalue weighted by Crippen LogP contribution is -2.01. The van der Waals surface area contributed by atoms with Crippen LogP contribution in [-0.4, -0.2) is 11.2 Å². The Morgan fingerprint density at radius 2 is 1.93 bits per heavy atom. The molecule has 0 spiro atoms. The second-order valence-corrected chi connectivity index (χ2v) is 3.35. The van der Waals surface area contributed by atoms with E-state index in [0.717, 1.165) is 5.69 Å². The highest BCUT2D eigenvalue weighted by molar-refractivity contribution is 6.63. The average Bonchev–Trinajstić information content (AvgIpc) is 2.25. The second kappa shape index (κ2) is 6.02. The van der Waals surface area contributed by atoms with Gasteiger partial charge in [0.2, 0.25) is 5.24 Å². The van der Waals surface area contributed by atoms with Crippen LogP contribution in [0.4, 0.5) is 5.69 Å². The summed E-state index contributed by atoms with van der Waals surface area (Å²) < 4.78 is 0. The summed E-state index contributed by atoms with van der Waals surface area (Å²) in [6.07, 6.45) is 0.409. The van der Waals surface area contributed by atoms with Crippen LogP contribution in [0.5, 0.6) is 0 Å². The Morgan fingerprint density at radius 1 is 1.27 bits per heavy atom. The summed E-state index contributed by atoms with van der Waals surface area (Å²) in [4.78, 5) is 21.1. The normalized spacial score (nSPS) is 9.13. The van der Waals surface area contributed by atoms with Gasteiger partial charge in [0.15, 0.2) is 0 Å². The van der Waals surface area contributed by atoms with E-state index in [0.29, 0.717) is 5.70 Å². The molecule has 0 atom stereocenters. The molecule has 0 bridgehead atoms. The summed E-state index contributed by atoms with van der Waals surface area (Å²) in [5.41, 5.74) is 1.12. The van der Waals surface area contributed by atoms with Crippen LogP contribution in [0.25, 0.3) is 0 Å². The minimum absolute atomic E-state index is 0.131. The first-order valence-electron chi connectivity index (χ1n) is 4.47. The summed E-state index contributed by atoms with van der Waals surface area (Å²) in [5, 5.41) is 2.41. The molecule has 1 aromatic rings. The van der Waals surface area contributed by atoms with Gasteiger partial charge in [-0.2, -0.15) is 0 Å². The van der Waals surface area contributed by atoms with E-state index in [1.807, 2.05) is 30.3 Å². The summed E-state index contributed by atoms with van der Waals surface area (Å²) >= 11 is 5.17. The lowest BCUT2D eigenvalue weighted by molar-refractivity contribution is -0.111. The van der Waals surface area contributed by atoms with Crippen LogP contribution in [0, 0.1) is 0 Å². The van der Waals surface area contributed by atoms with Gasteiger partial charge in [-0.3, -0.25) is 4.79 Å². The highest BCUT2D eigenvalue weighted by Gasteiger charge is 2.02. The van der Waals surface area contributed by atoms with Crippen molar-refractivity contribution in [1.29, 1.82) is 0 Å². The molecule has 3 nitrogen and oxygen atoms in total. The zero-order valence-electron chi connectivity index (χ0n) is 8.00. The molecule has 0 radical (unpaired) electrons. The number of rotatable bonds is 5. The summed E-state index contributed by atoms with van der Waals surface area (Å²) in [6, 6.07) is 9.20. The molecular formula is C11H10ClNO2. The molecule has 1 aromatic carbocycles. The molecule has 0 heterocycles. The number of para-hydroxylation sites is 1. The standard InChI is InChI=1S/C11H10ClNO2/c12-11(15)7-6-10(8-14)13-9-4-2-1-3-5-9/h1-5,13H,6-7H2. The maximum absolute atomic E-state index is 10.5. The predicted molar refractivity (Wildman–Crippen MR) is 59.4 cm³/mol. The molecule has 0 aliphatic carbocycles. The van der Waals surface area contributed by atoms with Crippen molar-refractivity contribution in [2.24, 2.45) is 0 Å². The molecule has 4 heteroatoms. The third kappa shape index (κ3) is 4.45.